The number of fused-ring (bicyclic) bond motifs is 3. The Hall–Kier alpha value is -3.71. The molecule has 1 aliphatic rings. The Kier molecular flexibility index (Phi) is 5.20. The van der Waals surface area contributed by atoms with E-state index < -0.39 is 10.1 Å². The number of aryl methyl sites for hydroxylation is 1. The first-order valence-electron chi connectivity index (χ1n) is 9.56. The Morgan fingerprint density at radius 3 is 2.00 bits per heavy atom. The number of carbonyl (C=O) groups excluding carboxylic acids is 1. The van der Waals surface area contributed by atoms with E-state index in [1.807, 2.05) is 48.5 Å². The number of carbonyl (C=O) groups is 1. The van der Waals surface area contributed by atoms with Gasteiger partial charge in [-0.15, -0.1) is 0 Å². The molecule has 156 valence electrons. The lowest BCUT2D eigenvalue weighted by Gasteiger charge is -2.10. The van der Waals surface area contributed by atoms with Crippen molar-refractivity contribution < 1.29 is 17.5 Å². The van der Waals surface area contributed by atoms with Gasteiger partial charge < -0.3 is 5.32 Å². The predicted molar refractivity (Wildman–Crippen MR) is 120 cm³/mol. The number of hydrogen-bond donors (Lipinski definition) is 1. The molecular formula is C24H20N2O4S. The molecule has 0 saturated heterocycles. The third kappa shape index (κ3) is 3.87. The summed E-state index contributed by atoms with van der Waals surface area (Å²) < 4.78 is 30.8. The van der Waals surface area contributed by atoms with Crippen LogP contribution < -0.4 is 5.32 Å². The molecule has 0 bridgehead atoms. The zero-order valence-electron chi connectivity index (χ0n) is 17.0. The summed E-state index contributed by atoms with van der Waals surface area (Å²) in [5.41, 5.74) is 5.30. The molecule has 1 N–H and O–H groups in total. The van der Waals surface area contributed by atoms with Crippen molar-refractivity contribution >= 4 is 27.4 Å². The minimum absolute atomic E-state index is 0.0234. The Bertz CT molecular complexity index is 1310. The zero-order valence-corrected chi connectivity index (χ0v) is 17.9. The van der Waals surface area contributed by atoms with Crippen LogP contribution in [0.25, 0.3) is 11.1 Å². The van der Waals surface area contributed by atoms with Crippen LogP contribution >= 0.6 is 0 Å². The van der Waals surface area contributed by atoms with Crippen LogP contribution in [0, 0.1) is 6.92 Å². The number of amides is 1. The van der Waals surface area contributed by atoms with Gasteiger partial charge >= 0.3 is 10.1 Å². The SMILES string of the molecule is C=C(C)C(=O)Nc1ccc(S(=O)(=O)ON=C2c3ccccc3-c3ccccc32)c(C)c1. The standard InChI is InChI=1S/C24H20N2O4S/c1-15(2)24(27)25-17-12-13-22(16(3)14-17)31(28,29)30-26-23-20-10-6-4-8-18(20)19-9-5-7-11-21(19)23/h4-14H,1H2,2-3H3,(H,25,27). The second-order valence-corrected chi connectivity index (χ2v) is 8.77. The Morgan fingerprint density at radius 2 is 1.48 bits per heavy atom. The molecule has 1 amide bonds. The molecule has 6 nitrogen and oxygen atoms in total. The van der Waals surface area contributed by atoms with Crippen LogP contribution in [0.5, 0.6) is 0 Å². The smallest absolute Gasteiger partial charge is 0.322 e. The Balaban J connectivity index is 1.65. The molecule has 0 fully saturated rings. The van der Waals surface area contributed by atoms with Crippen molar-refractivity contribution in [2.24, 2.45) is 5.16 Å². The fraction of sp³-hybridized carbons (Fsp3) is 0.0833. The molecule has 0 saturated carbocycles. The highest BCUT2D eigenvalue weighted by Crippen LogP contribution is 2.37. The Labute approximate surface area is 181 Å². The molecule has 7 heteroatoms. The molecule has 3 aromatic rings. The molecule has 0 aliphatic heterocycles. The van der Waals surface area contributed by atoms with Gasteiger partial charge in [0, 0.05) is 22.4 Å². The van der Waals surface area contributed by atoms with Crippen molar-refractivity contribution in [3.05, 3.63) is 95.6 Å². The van der Waals surface area contributed by atoms with E-state index in [-0.39, 0.29) is 10.8 Å². The molecule has 0 radical (unpaired) electrons. The van der Waals surface area contributed by atoms with Crippen LogP contribution in [-0.4, -0.2) is 20.0 Å². The van der Waals surface area contributed by atoms with Crippen molar-refractivity contribution in [1.29, 1.82) is 0 Å². The minimum atomic E-state index is -4.16. The molecule has 3 aromatic carbocycles. The summed E-state index contributed by atoms with van der Waals surface area (Å²) in [4.78, 5) is 11.8. The summed E-state index contributed by atoms with van der Waals surface area (Å²) in [6, 6.07) is 19.7. The summed E-state index contributed by atoms with van der Waals surface area (Å²) in [6.45, 7) is 6.80. The number of oxime groups is 1. The van der Waals surface area contributed by atoms with E-state index in [1.165, 1.54) is 12.1 Å². The topological polar surface area (TPSA) is 84.8 Å². The summed E-state index contributed by atoms with van der Waals surface area (Å²) in [7, 11) is -4.16. The highest BCUT2D eigenvalue weighted by atomic mass is 32.2. The van der Waals surface area contributed by atoms with Gasteiger partial charge in [-0.1, -0.05) is 60.3 Å². The molecule has 0 aromatic heterocycles. The number of rotatable bonds is 5. The van der Waals surface area contributed by atoms with Crippen LogP contribution in [0.2, 0.25) is 0 Å². The zero-order chi connectivity index (χ0) is 22.2. The van der Waals surface area contributed by atoms with E-state index in [4.69, 9.17) is 4.28 Å². The minimum Gasteiger partial charge on any atom is -0.322 e. The Morgan fingerprint density at radius 1 is 0.935 bits per heavy atom. The monoisotopic (exact) mass is 432 g/mol. The third-order valence-electron chi connectivity index (χ3n) is 4.97. The number of hydrogen-bond acceptors (Lipinski definition) is 5. The normalized spacial score (nSPS) is 12.0. The molecule has 0 spiro atoms. The van der Waals surface area contributed by atoms with Gasteiger partial charge in [-0.25, -0.2) is 0 Å². The second kappa shape index (κ2) is 7.85. The van der Waals surface area contributed by atoms with Crippen LogP contribution in [0.3, 0.4) is 0 Å². The van der Waals surface area contributed by atoms with Gasteiger partial charge in [0.2, 0.25) is 0 Å². The van der Waals surface area contributed by atoms with Crippen molar-refractivity contribution in [2.45, 2.75) is 18.7 Å². The lowest BCUT2D eigenvalue weighted by Crippen LogP contribution is -2.13. The average molecular weight is 433 g/mol. The van der Waals surface area contributed by atoms with E-state index in [2.05, 4.69) is 17.1 Å². The first kappa shape index (κ1) is 20.6. The lowest BCUT2D eigenvalue weighted by molar-refractivity contribution is -0.112. The number of anilines is 1. The molecule has 4 rings (SSSR count). The van der Waals surface area contributed by atoms with Gasteiger partial charge in [-0.3, -0.25) is 9.08 Å². The lowest BCUT2D eigenvalue weighted by atomic mass is 10.1. The van der Waals surface area contributed by atoms with E-state index >= 15 is 0 Å². The average Bonchev–Trinajstić information content (AvgIpc) is 3.06. The molecular weight excluding hydrogens is 412 g/mol. The maximum atomic E-state index is 12.8. The quantitative estimate of drug-likeness (QED) is 0.368. The molecule has 0 unspecified atom stereocenters. The molecule has 0 atom stereocenters. The second-order valence-electron chi connectivity index (χ2n) is 7.27. The molecule has 1 aliphatic carbocycles. The van der Waals surface area contributed by atoms with E-state index in [9.17, 15) is 13.2 Å². The van der Waals surface area contributed by atoms with Gasteiger partial charge in [0.05, 0.1) is 0 Å². The van der Waals surface area contributed by atoms with E-state index in [0.29, 0.717) is 22.5 Å². The fourth-order valence-electron chi connectivity index (χ4n) is 3.46. The van der Waals surface area contributed by atoms with Gasteiger partial charge in [0.1, 0.15) is 10.6 Å². The van der Waals surface area contributed by atoms with Crippen LogP contribution in [0.1, 0.15) is 23.6 Å². The summed E-state index contributed by atoms with van der Waals surface area (Å²) in [5, 5.41) is 6.69. The van der Waals surface area contributed by atoms with Gasteiger partial charge in [0.25, 0.3) is 5.91 Å². The molecule has 31 heavy (non-hydrogen) atoms. The third-order valence-corrected chi connectivity index (χ3v) is 6.24. The van der Waals surface area contributed by atoms with E-state index in [1.54, 1.807) is 19.9 Å². The first-order chi connectivity index (χ1) is 14.8. The fourth-order valence-corrected chi connectivity index (χ4v) is 4.41. The van der Waals surface area contributed by atoms with Crippen molar-refractivity contribution in [3.63, 3.8) is 0 Å². The van der Waals surface area contributed by atoms with Gasteiger partial charge in [-0.2, -0.15) is 8.42 Å². The maximum absolute atomic E-state index is 12.8. The van der Waals surface area contributed by atoms with Crippen molar-refractivity contribution in [3.8, 4) is 11.1 Å². The van der Waals surface area contributed by atoms with Gasteiger partial charge in [0.15, 0.2) is 0 Å². The number of nitrogens with zero attached hydrogens (tertiary/aromatic N) is 1. The summed E-state index contributed by atoms with van der Waals surface area (Å²) in [6.07, 6.45) is 0. The highest BCUT2D eigenvalue weighted by Gasteiger charge is 2.26. The first-order valence-corrected chi connectivity index (χ1v) is 11.0. The van der Waals surface area contributed by atoms with Crippen LogP contribution in [-0.2, 0) is 19.2 Å². The highest BCUT2D eigenvalue weighted by molar-refractivity contribution is 7.86. The predicted octanol–water partition coefficient (Wildman–Crippen LogP) is 4.65. The van der Waals surface area contributed by atoms with Crippen molar-refractivity contribution in [1.82, 2.24) is 0 Å². The summed E-state index contributed by atoms with van der Waals surface area (Å²) >= 11 is 0. The maximum Gasteiger partial charge on any atom is 0.358 e. The van der Waals surface area contributed by atoms with Crippen LogP contribution in [0.15, 0.2) is 88.9 Å². The largest absolute Gasteiger partial charge is 0.358 e. The van der Waals surface area contributed by atoms with Gasteiger partial charge in [-0.05, 0) is 48.7 Å². The number of nitrogens with one attached hydrogen (secondary N) is 1. The summed E-state index contributed by atoms with van der Waals surface area (Å²) in [5.74, 6) is -0.337. The van der Waals surface area contributed by atoms with Crippen LogP contribution in [0.4, 0.5) is 5.69 Å². The number of benzene rings is 3. The van der Waals surface area contributed by atoms with E-state index in [0.717, 1.165) is 22.3 Å². The molecule has 0 heterocycles. The van der Waals surface area contributed by atoms with Crippen molar-refractivity contribution in [2.75, 3.05) is 5.32 Å².